The summed E-state index contributed by atoms with van der Waals surface area (Å²) in [5.41, 5.74) is 0.732. The molecule has 110 valence electrons. The number of hydrogen-bond donors (Lipinski definition) is 2. The third kappa shape index (κ3) is 3.86. The fourth-order valence-electron chi connectivity index (χ4n) is 1.76. The molecule has 2 rings (SSSR count). The second-order valence-electron chi connectivity index (χ2n) is 4.20. The van der Waals surface area contributed by atoms with Crippen molar-refractivity contribution in [3.63, 3.8) is 0 Å². The van der Waals surface area contributed by atoms with Gasteiger partial charge in [0.25, 0.3) is 0 Å². The Kier molecular flexibility index (Phi) is 5.00. The minimum atomic E-state index is -0.579. The summed E-state index contributed by atoms with van der Waals surface area (Å²) in [6, 6.07) is 11.6. The Morgan fingerprint density at radius 3 is 2.67 bits per heavy atom. The van der Waals surface area contributed by atoms with Gasteiger partial charge in [0.2, 0.25) is 5.91 Å². The number of ether oxygens (including phenoxy) is 1. The van der Waals surface area contributed by atoms with Crippen LogP contribution in [0.1, 0.15) is 0 Å². The summed E-state index contributed by atoms with van der Waals surface area (Å²) >= 11 is 5.67. The molecule has 0 spiro atoms. The van der Waals surface area contributed by atoms with Crippen LogP contribution in [-0.2, 0) is 4.79 Å². The number of amides is 1. The van der Waals surface area contributed by atoms with E-state index in [1.54, 1.807) is 30.3 Å². The quantitative estimate of drug-likeness (QED) is 0.888. The molecule has 1 amide bonds. The number of halogens is 2. The van der Waals surface area contributed by atoms with Crippen LogP contribution in [0.2, 0.25) is 5.02 Å². The highest BCUT2D eigenvalue weighted by Gasteiger charge is 2.09. The minimum absolute atomic E-state index is 0.00476. The second-order valence-corrected chi connectivity index (χ2v) is 4.61. The van der Waals surface area contributed by atoms with Gasteiger partial charge in [-0.15, -0.1) is 0 Å². The van der Waals surface area contributed by atoms with Crippen molar-refractivity contribution >= 4 is 28.9 Å². The Morgan fingerprint density at radius 2 is 1.90 bits per heavy atom. The summed E-state index contributed by atoms with van der Waals surface area (Å²) in [5.74, 6) is -0.345. The fourth-order valence-corrected chi connectivity index (χ4v) is 1.93. The lowest BCUT2D eigenvalue weighted by Crippen LogP contribution is -2.22. The molecule has 0 atom stereocenters. The summed E-state index contributed by atoms with van der Waals surface area (Å²) in [4.78, 5) is 11.9. The van der Waals surface area contributed by atoms with E-state index < -0.39 is 5.82 Å². The van der Waals surface area contributed by atoms with Crippen LogP contribution in [0.15, 0.2) is 42.5 Å². The molecular weight excluding hydrogens is 295 g/mol. The largest absolute Gasteiger partial charge is 0.495 e. The van der Waals surface area contributed by atoms with Gasteiger partial charge in [0.15, 0.2) is 5.82 Å². The van der Waals surface area contributed by atoms with E-state index >= 15 is 0 Å². The van der Waals surface area contributed by atoms with Crippen molar-refractivity contribution < 1.29 is 13.9 Å². The van der Waals surface area contributed by atoms with E-state index in [2.05, 4.69) is 10.6 Å². The number of carbonyl (C=O) groups is 1. The third-order valence-corrected chi connectivity index (χ3v) is 3.06. The van der Waals surface area contributed by atoms with Gasteiger partial charge in [-0.3, -0.25) is 4.79 Å². The van der Waals surface area contributed by atoms with Crippen LogP contribution in [0.3, 0.4) is 0 Å². The topological polar surface area (TPSA) is 50.4 Å². The SMILES string of the molecule is COc1ccccc1NC(=O)CNc1cccc(Cl)c1F. The van der Waals surface area contributed by atoms with Crippen molar-refractivity contribution in [1.29, 1.82) is 0 Å². The van der Waals surface area contributed by atoms with Crippen LogP contribution < -0.4 is 15.4 Å². The number of anilines is 2. The molecule has 4 nitrogen and oxygen atoms in total. The molecule has 0 fully saturated rings. The Balaban J connectivity index is 1.98. The van der Waals surface area contributed by atoms with Gasteiger partial charge in [0.05, 0.1) is 30.1 Å². The summed E-state index contributed by atoms with van der Waals surface area (Å²) in [7, 11) is 1.52. The monoisotopic (exact) mass is 308 g/mol. The number of para-hydroxylation sites is 2. The highest BCUT2D eigenvalue weighted by molar-refractivity contribution is 6.31. The molecule has 21 heavy (non-hydrogen) atoms. The number of benzene rings is 2. The first kappa shape index (κ1) is 15.1. The van der Waals surface area contributed by atoms with Gasteiger partial charge in [0.1, 0.15) is 5.75 Å². The van der Waals surface area contributed by atoms with E-state index in [0.29, 0.717) is 11.4 Å². The number of hydrogen-bond acceptors (Lipinski definition) is 3. The Bertz CT molecular complexity index is 649. The lowest BCUT2D eigenvalue weighted by atomic mass is 10.3. The maximum absolute atomic E-state index is 13.7. The molecule has 6 heteroatoms. The standard InChI is InChI=1S/C15H14ClFN2O2/c1-21-13-8-3-2-6-11(13)19-14(20)9-18-12-7-4-5-10(16)15(12)17/h2-8,18H,9H2,1H3,(H,19,20). The first-order valence-electron chi connectivity index (χ1n) is 6.22. The van der Waals surface area contributed by atoms with E-state index in [1.807, 2.05) is 0 Å². The predicted molar refractivity (Wildman–Crippen MR) is 81.5 cm³/mol. The molecule has 0 unspecified atom stereocenters. The summed E-state index contributed by atoms with van der Waals surface area (Å²) in [6.07, 6.45) is 0. The van der Waals surface area contributed by atoms with Gasteiger partial charge in [0, 0.05) is 0 Å². The summed E-state index contributed by atoms with van der Waals surface area (Å²) in [6.45, 7) is -0.0880. The van der Waals surface area contributed by atoms with Gasteiger partial charge in [-0.2, -0.15) is 0 Å². The zero-order valence-electron chi connectivity index (χ0n) is 11.3. The van der Waals surface area contributed by atoms with Crippen molar-refractivity contribution in [3.8, 4) is 5.75 Å². The average molecular weight is 309 g/mol. The average Bonchev–Trinajstić information content (AvgIpc) is 2.49. The fraction of sp³-hybridized carbons (Fsp3) is 0.133. The van der Waals surface area contributed by atoms with Gasteiger partial charge in [-0.05, 0) is 24.3 Å². The smallest absolute Gasteiger partial charge is 0.243 e. The van der Waals surface area contributed by atoms with E-state index in [9.17, 15) is 9.18 Å². The molecule has 0 aliphatic rings. The first-order valence-corrected chi connectivity index (χ1v) is 6.60. The lowest BCUT2D eigenvalue weighted by Gasteiger charge is -2.11. The van der Waals surface area contributed by atoms with Crippen molar-refractivity contribution in [3.05, 3.63) is 53.3 Å². The van der Waals surface area contributed by atoms with E-state index in [4.69, 9.17) is 16.3 Å². The molecule has 2 N–H and O–H groups in total. The molecule has 0 radical (unpaired) electrons. The predicted octanol–water partition coefficient (Wildman–Crippen LogP) is 3.54. The van der Waals surface area contributed by atoms with Crippen LogP contribution in [-0.4, -0.2) is 19.6 Å². The molecule has 0 aliphatic heterocycles. The highest BCUT2D eigenvalue weighted by atomic mass is 35.5. The second kappa shape index (κ2) is 6.95. The molecule has 0 aliphatic carbocycles. The zero-order chi connectivity index (χ0) is 15.2. The van der Waals surface area contributed by atoms with Crippen molar-refractivity contribution in [2.24, 2.45) is 0 Å². The molecule has 2 aromatic carbocycles. The first-order chi connectivity index (χ1) is 10.1. The maximum atomic E-state index is 13.7. The van der Waals surface area contributed by atoms with Gasteiger partial charge in [-0.1, -0.05) is 29.8 Å². The van der Waals surface area contributed by atoms with E-state index in [-0.39, 0.29) is 23.2 Å². The molecule has 2 aromatic rings. The number of rotatable bonds is 5. The van der Waals surface area contributed by atoms with Crippen molar-refractivity contribution in [2.75, 3.05) is 24.3 Å². The van der Waals surface area contributed by atoms with Crippen LogP contribution in [0.4, 0.5) is 15.8 Å². The molecule has 0 aromatic heterocycles. The highest BCUT2D eigenvalue weighted by Crippen LogP contribution is 2.23. The molecule has 0 saturated heterocycles. The number of carbonyl (C=O) groups excluding carboxylic acids is 1. The molecule has 0 bridgehead atoms. The van der Waals surface area contributed by atoms with Crippen LogP contribution in [0, 0.1) is 5.82 Å². The molecule has 0 saturated carbocycles. The third-order valence-electron chi connectivity index (χ3n) is 2.77. The summed E-state index contributed by atoms with van der Waals surface area (Å²) < 4.78 is 18.8. The molecular formula is C15H14ClFN2O2. The zero-order valence-corrected chi connectivity index (χ0v) is 12.1. The summed E-state index contributed by atoms with van der Waals surface area (Å²) in [5, 5.41) is 5.39. The maximum Gasteiger partial charge on any atom is 0.243 e. The Hall–Kier alpha value is -2.27. The molecule has 0 heterocycles. The van der Waals surface area contributed by atoms with E-state index in [0.717, 1.165) is 0 Å². The Morgan fingerprint density at radius 1 is 1.19 bits per heavy atom. The number of nitrogens with one attached hydrogen (secondary N) is 2. The van der Waals surface area contributed by atoms with Crippen molar-refractivity contribution in [2.45, 2.75) is 0 Å². The van der Waals surface area contributed by atoms with Gasteiger partial charge >= 0.3 is 0 Å². The van der Waals surface area contributed by atoms with Gasteiger partial charge in [-0.25, -0.2) is 4.39 Å². The van der Waals surface area contributed by atoms with Crippen LogP contribution >= 0.6 is 11.6 Å². The van der Waals surface area contributed by atoms with E-state index in [1.165, 1.54) is 19.2 Å². The minimum Gasteiger partial charge on any atom is -0.495 e. The van der Waals surface area contributed by atoms with Crippen molar-refractivity contribution in [1.82, 2.24) is 0 Å². The normalized spacial score (nSPS) is 10.0. The number of methoxy groups -OCH3 is 1. The Labute approximate surface area is 126 Å². The van der Waals surface area contributed by atoms with Crippen LogP contribution in [0.5, 0.6) is 5.75 Å². The lowest BCUT2D eigenvalue weighted by molar-refractivity contribution is -0.114. The van der Waals surface area contributed by atoms with Gasteiger partial charge < -0.3 is 15.4 Å². The van der Waals surface area contributed by atoms with Crippen LogP contribution in [0.25, 0.3) is 0 Å².